The Morgan fingerprint density at radius 3 is 2.50 bits per heavy atom. The number of ether oxygens (including phenoxy) is 2. The second-order valence-corrected chi connectivity index (χ2v) is 4.40. The normalized spacial score (nSPS) is 10.2. The van der Waals surface area contributed by atoms with Gasteiger partial charge in [0.2, 0.25) is 0 Å². The summed E-state index contributed by atoms with van der Waals surface area (Å²) in [5.74, 6) is 1.86. The van der Waals surface area contributed by atoms with Crippen molar-refractivity contribution >= 4 is 21.7 Å². The molecule has 0 atom stereocenters. The van der Waals surface area contributed by atoms with Gasteiger partial charge in [0.1, 0.15) is 21.8 Å². The number of benzene rings is 1. The first-order valence-corrected chi connectivity index (χ1v) is 6.10. The summed E-state index contributed by atoms with van der Waals surface area (Å²) in [4.78, 5) is 4.28. The number of nitrogen functional groups attached to an aromatic ring is 1. The molecule has 2 N–H and O–H groups in total. The van der Waals surface area contributed by atoms with Crippen molar-refractivity contribution in [1.82, 2.24) is 4.98 Å². The lowest BCUT2D eigenvalue weighted by Gasteiger charge is -2.13. The Hall–Kier alpha value is -1.75. The first-order valence-electron chi connectivity index (χ1n) is 5.30. The summed E-state index contributed by atoms with van der Waals surface area (Å²) < 4.78 is 11.4. The van der Waals surface area contributed by atoms with Crippen LogP contribution in [0.1, 0.15) is 0 Å². The minimum Gasteiger partial charge on any atom is -0.495 e. The van der Waals surface area contributed by atoms with Gasteiger partial charge in [-0.15, -0.1) is 0 Å². The van der Waals surface area contributed by atoms with Crippen LogP contribution in [0.3, 0.4) is 0 Å². The number of nitrogens with two attached hydrogens (primary N) is 1. The number of pyridine rings is 1. The van der Waals surface area contributed by atoms with Gasteiger partial charge in [-0.2, -0.15) is 0 Å². The van der Waals surface area contributed by atoms with Crippen LogP contribution in [-0.4, -0.2) is 19.2 Å². The molecule has 0 aliphatic carbocycles. The minimum atomic E-state index is 0.474. The average Bonchev–Trinajstić information content (AvgIpc) is 2.38. The molecule has 1 aromatic heterocycles. The molecule has 0 saturated carbocycles. The van der Waals surface area contributed by atoms with Gasteiger partial charge >= 0.3 is 0 Å². The summed E-state index contributed by atoms with van der Waals surface area (Å²) in [7, 11) is 3.22. The van der Waals surface area contributed by atoms with E-state index >= 15 is 0 Å². The number of halogens is 1. The van der Waals surface area contributed by atoms with E-state index in [2.05, 4.69) is 20.9 Å². The molecule has 0 fully saturated rings. The van der Waals surface area contributed by atoms with E-state index in [1.807, 2.05) is 24.3 Å². The van der Waals surface area contributed by atoms with Gasteiger partial charge in [-0.1, -0.05) is 6.07 Å². The monoisotopic (exact) mass is 308 g/mol. The first kappa shape index (κ1) is 12.7. The molecule has 0 aliphatic rings. The van der Waals surface area contributed by atoms with Crippen molar-refractivity contribution in [3.63, 3.8) is 0 Å². The van der Waals surface area contributed by atoms with Crippen LogP contribution in [0.2, 0.25) is 0 Å². The van der Waals surface area contributed by atoms with Gasteiger partial charge in [0.15, 0.2) is 0 Å². The third-order valence-corrected chi connectivity index (χ3v) is 3.28. The number of rotatable bonds is 3. The van der Waals surface area contributed by atoms with Crippen molar-refractivity contribution in [2.24, 2.45) is 0 Å². The second kappa shape index (κ2) is 5.27. The Kier molecular flexibility index (Phi) is 3.72. The van der Waals surface area contributed by atoms with Crippen LogP contribution >= 0.6 is 15.9 Å². The van der Waals surface area contributed by atoms with Crippen molar-refractivity contribution < 1.29 is 9.47 Å². The molecular weight excluding hydrogens is 296 g/mol. The van der Waals surface area contributed by atoms with Gasteiger partial charge in [0, 0.05) is 5.56 Å². The predicted molar refractivity (Wildman–Crippen MR) is 74.9 cm³/mol. The van der Waals surface area contributed by atoms with Crippen molar-refractivity contribution in [2.45, 2.75) is 0 Å². The molecule has 0 aliphatic heterocycles. The Bertz CT molecular complexity index is 573. The highest BCUT2D eigenvalue weighted by Crippen LogP contribution is 2.41. The Morgan fingerprint density at radius 1 is 1.11 bits per heavy atom. The standard InChI is InChI=1S/C13H13BrN2O2/c1-17-10-7-6-8(13(18-2)12(10)14)9-4-3-5-11(15)16-9/h3-7H,1-2H3,(H2,15,16). The van der Waals surface area contributed by atoms with Gasteiger partial charge in [-0.25, -0.2) is 4.98 Å². The molecule has 0 spiro atoms. The molecule has 0 amide bonds. The lowest BCUT2D eigenvalue weighted by atomic mass is 10.1. The Labute approximate surface area is 114 Å². The number of nitrogens with zero attached hydrogens (tertiary/aromatic N) is 1. The molecule has 18 heavy (non-hydrogen) atoms. The lowest BCUT2D eigenvalue weighted by Crippen LogP contribution is -1.96. The fourth-order valence-electron chi connectivity index (χ4n) is 1.70. The van der Waals surface area contributed by atoms with E-state index in [1.54, 1.807) is 20.3 Å². The number of hydrogen-bond acceptors (Lipinski definition) is 4. The molecule has 2 aromatic rings. The summed E-state index contributed by atoms with van der Waals surface area (Å²) >= 11 is 3.46. The fraction of sp³-hybridized carbons (Fsp3) is 0.154. The quantitative estimate of drug-likeness (QED) is 0.946. The molecular formula is C13H13BrN2O2. The maximum absolute atomic E-state index is 5.69. The van der Waals surface area contributed by atoms with Gasteiger partial charge in [-0.3, -0.25) is 0 Å². The highest BCUT2D eigenvalue weighted by atomic mass is 79.9. The molecule has 1 aromatic carbocycles. The van der Waals surface area contributed by atoms with E-state index in [9.17, 15) is 0 Å². The SMILES string of the molecule is COc1ccc(-c2cccc(N)n2)c(OC)c1Br. The average molecular weight is 309 g/mol. The summed E-state index contributed by atoms with van der Waals surface area (Å²) in [6.45, 7) is 0. The zero-order valence-corrected chi connectivity index (χ0v) is 11.7. The highest BCUT2D eigenvalue weighted by Gasteiger charge is 2.14. The molecule has 1 heterocycles. The third-order valence-electron chi connectivity index (χ3n) is 2.53. The number of hydrogen-bond donors (Lipinski definition) is 1. The number of anilines is 1. The molecule has 2 rings (SSSR count). The highest BCUT2D eigenvalue weighted by molar-refractivity contribution is 9.10. The third kappa shape index (κ3) is 2.26. The minimum absolute atomic E-state index is 0.474. The van der Waals surface area contributed by atoms with Crippen molar-refractivity contribution in [1.29, 1.82) is 0 Å². The van der Waals surface area contributed by atoms with Gasteiger partial charge < -0.3 is 15.2 Å². The lowest BCUT2D eigenvalue weighted by molar-refractivity contribution is 0.390. The zero-order chi connectivity index (χ0) is 13.1. The number of aromatic nitrogens is 1. The fourth-order valence-corrected chi connectivity index (χ4v) is 2.37. The van der Waals surface area contributed by atoms with Crippen molar-refractivity contribution in [3.05, 3.63) is 34.8 Å². The smallest absolute Gasteiger partial charge is 0.146 e. The van der Waals surface area contributed by atoms with Gasteiger partial charge in [0.05, 0.1) is 19.9 Å². The molecule has 0 unspecified atom stereocenters. The van der Waals surface area contributed by atoms with Crippen LogP contribution in [0, 0.1) is 0 Å². The predicted octanol–water partition coefficient (Wildman–Crippen LogP) is 3.11. The van der Waals surface area contributed by atoms with Gasteiger partial charge in [-0.05, 0) is 40.2 Å². The zero-order valence-electron chi connectivity index (χ0n) is 10.1. The summed E-state index contributed by atoms with van der Waals surface area (Å²) in [6, 6.07) is 9.23. The molecule has 0 saturated heterocycles. The van der Waals surface area contributed by atoms with Crippen LogP contribution in [-0.2, 0) is 0 Å². The first-order chi connectivity index (χ1) is 8.67. The molecule has 4 nitrogen and oxygen atoms in total. The topological polar surface area (TPSA) is 57.4 Å². The van der Waals surface area contributed by atoms with Gasteiger partial charge in [0.25, 0.3) is 0 Å². The molecule has 0 bridgehead atoms. The summed E-state index contributed by atoms with van der Waals surface area (Å²) in [5, 5.41) is 0. The van der Waals surface area contributed by atoms with E-state index in [1.165, 1.54) is 0 Å². The molecule has 5 heteroatoms. The largest absolute Gasteiger partial charge is 0.495 e. The number of methoxy groups -OCH3 is 2. The van der Waals surface area contributed by atoms with Crippen LogP contribution in [0.25, 0.3) is 11.3 Å². The molecule has 94 valence electrons. The Morgan fingerprint density at radius 2 is 1.89 bits per heavy atom. The van der Waals surface area contributed by atoms with E-state index in [0.717, 1.165) is 15.7 Å². The summed E-state index contributed by atoms with van der Waals surface area (Å²) in [5.41, 5.74) is 7.31. The maximum Gasteiger partial charge on any atom is 0.146 e. The van der Waals surface area contributed by atoms with Crippen LogP contribution in [0.15, 0.2) is 34.8 Å². The van der Waals surface area contributed by atoms with Crippen LogP contribution < -0.4 is 15.2 Å². The second-order valence-electron chi connectivity index (χ2n) is 3.61. The van der Waals surface area contributed by atoms with E-state index < -0.39 is 0 Å². The van der Waals surface area contributed by atoms with E-state index in [0.29, 0.717) is 17.3 Å². The van der Waals surface area contributed by atoms with Crippen LogP contribution in [0.5, 0.6) is 11.5 Å². The van der Waals surface area contributed by atoms with E-state index in [4.69, 9.17) is 15.2 Å². The van der Waals surface area contributed by atoms with E-state index in [-0.39, 0.29) is 0 Å². The summed E-state index contributed by atoms with van der Waals surface area (Å²) in [6.07, 6.45) is 0. The maximum atomic E-state index is 5.69. The van der Waals surface area contributed by atoms with Crippen LogP contribution in [0.4, 0.5) is 5.82 Å². The Balaban J connectivity index is 2.61. The molecule has 0 radical (unpaired) electrons. The van der Waals surface area contributed by atoms with Crippen molar-refractivity contribution in [3.8, 4) is 22.8 Å². The van der Waals surface area contributed by atoms with Crippen molar-refractivity contribution in [2.75, 3.05) is 20.0 Å².